The van der Waals surface area contributed by atoms with E-state index in [1.165, 1.54) is 11.1 Å². The van der Waals surface area contributed by atoms with Gasteiger partial charge in [-0.1, -0.05) is 54.6 Å². The zero-order chi connectivity index (χ0) is 12.4. The molecule has 0 saturated carbocycles. The van der Waals surface area contributed by atoms with Gasteiger partial charge >= 0.3 is 0 Å². The van der Waals surface area contributed by atoms with Crippen LogP contribution in [0, 0.1) is 5.92 Å². The minimum Gasteiger partial charge on any atom is -0.388 e. The molecule has 1 N–H and O–H groups in total. The minimum atomic E-state index is -0.288. The number of hydrogen-bond acceptors (Lipinski definition) is 1. The van der Waals surface area contributed by atoms with Crippen molar-refractivity contribution in [3.63, 3.8) is 0 Å². The number of fused-ring (bicyclic) bond motifs is 1. The molecule has 0 aliphatic heterocycles. The summed E-state index contributed by atoms with van der Waals surface area (Å²) in [5.74, 6) is 0.553. The van der Waals surface area contributed by atoms with Gasteiger partial charge in [0.15, 0.2) is 0 Å². The van der Waals surface area contributed by atoms with Crippen LogP contribution in [0.2, 0.25) is 0 Å². The van der Waals surface area contributed by atoms with Gasteiger partial charge in [0, 0.05) is 0 Å². The van der Waals surface area contributed by atoms with Crippen molar-refractivity contribution in [2.24, 2.45) is 5.92 Å². The molecule has 0 spiro atoms. The number of hydrogen-bond donors (Lipinski definition) is 1. The van der Waals surface area contributed by atoms with Crippen LogP contribution in [-0.2, 0) is 12.8 Å². The summed E-state index contributed by atoms with van der Waals surface area (Å²) in [6, 6.07) is 18.9. The van der Waals surface area contributed by atoms with Crippen LogP contribution in [0.1, 0.15) is 29.2 Å². The average Bonchev–Trinajstić information content (AvgIpc) is 2.40. The molecule has 18 heavy (non-hydrogen) atoms. The van der Waals surface area contributed by atoms with Gasteiger partial charge in [0.2, 0.25) is 0 Å². The summed E-state index contributed by atoms with van der Waals surface area (Å²) in [6.07, 6.45) is 2.74. The molecule has 2 atom stereocenters. The zero-order valence-electron chi connectivity index (χ0n) is 10.4. The Kier molecular flexibility index (Phi) is 3.16. The lowest BCUT2D eigenvalue weighted by atomic mass is 9.79. The summed E-state index contributed by atoms with van der Waals surface area (Å²) in [5.41, 5.74) is 3.81. The van der Waals surface area contributed by atoms with E-state index in [1.54, 1.807) is 0 Å². The Morgan fingerprint density at radius 3 is 2.50 bits per heavy atom. The van der Waals surface area contributed by atoms with Crippen molar-refractivity contribution in [1.82, 2.24) is 0 Å². The Balaban J connectivity index is 1.78. The fourth-order valence-electron chi connectivity index (χ4n) is 2.99. The van der Waals surface area contributed by atoms with Crippen LogP contribution in [-0.4, -0.2) is 5.11 Å². The first-order valence-corrected chi connectivity index (χ1v) is 6.63. The molecule has 1 aliphatic carbocycles. The lowest BCUT2D eigenvalue weighted by Crippen LogP contribution is -2.20. The second-order valence-corrected chi connectivity index (χ2v) is 5.21. The maximum Gasteiger partial charge on any atom is 0.0795 e. The van der Waals surface area contributed by atoms with E-state index in [1.807, 2.05) is 6.07 Å². The van der Waals surface area contributed by atoms with Gasteiger partial charge in [-0.3, -0.25) is 0 Å². The Morgan fingerprint density at radius 1 is 0.944 bits per heavy atom. The van der Waals surface area contributed by atoms with E-state index in [9.17, 15) is 5.11 Å². The van der Waals surface area contributed by atoms with Crippen LogP contribution >= 0.6 is 0 Å². The van der Waals surface area contributed by atoms with Crippen LogP contribution < -0.4 is 0 Å². The maximum absolute atomic E-state index is 10.2. The summed E-state index contributed by atoms with van der Waals surface area (Å²) < 4.78 is 0. The van der Waals surface area contributed by atoms with Crippen molar-refractivity contribution in [2.45, 2.75) is 25.4 Å². The highest BCUT2D eigenvalue weighted by molar-refractivity contribution is 5.32. The molecular formula is C17H18O. The lowest BCUT2D eigenvalue weighted by Gasteiger charge is -2.28. The molecule has 0 amide bonds. The molecule has 0 fully saturated rings. The van der Waals surface area contributed by atoms with Gasteiger partial charge in [-0.15, -0.1) is 0 Å². The van der Waals surface area contributed by atoms with Crippen LogP contribution in [0.5, 0.6) is 0 Å². The van der Waals surface area contributed by atoms with Gasteiger partial charge in [0.25, 0.3) is 0 Å². The van der Waals surface area contributed by atoms with Crippen molar-refractivity contribution in [2.75, 3.05) is 0 Å². The number of benzene rings is 2. The van der Waals surface area contributed by atoms with Crippen molar-refractivity contribution in [3.8, 4) is 0 Å². The SMILES string of the molecule is OC1CC(Cc2ccccc2)Cc2ccccc21. The highest BCUT2D eigenvalue weighted by Gasteiger charge is 2.24. The molecule has 0 heterocycles. The molecule has 0 aromatic heterocycles. The minimum absolute atomic E-state index is 0.288. The van der Waals surface area contributed by atoms with E-state index in [4.69, 9.17) is 0 Å². The van der Waals surface area contributed by atoms with Crippen LogP contribution in [0.4, 0.5) is 0 Å². The zero-order valence-corrected chi connectivity index (χ0v) is 10.4. The van der Waals surface area contributed by atoms with E-state index in [0.29, 0.717) is 5.92 Å². The molecular weight excluding hydrogens is 220 g/mol. The second-order valence-electron chi connectivity index (χ2n) is 5.21. The number of rotatable bonds is 2. The summed E-state index contributed by atoms with van der Waals surface area (Å²) >= 11 is 0. The number of aliphatic hydroxyl groups is 1. The molecule has 0 saturated heterocycles. The molecule has 2 unspecified atom stereocenters. The molecule has 0 radical (unpaired) electrons. The fraction of sp³-hybridized carbons (Fsp3) is 0.294. The van der Waals surface area contributed by atoms with Crippen LogP contribution in [0.3, 0.4) is 0 Å². The quantitative estimate of drug-likeness (QED) is 0.848. The lowest BCUT2D eigenvalue weighted by molar-refractivity contribution is 0.132. The third kappa shape index (κ3) is 2.32. The van der Waals surface area contributed by atoms with Crippen molar-refractivity contribution in [3.05, 3.63) is 71.3 Å². The fourth-order valence-corrected chi connectivity index (χ4v) is 2.99. The largest absolute Gasteiger partial charge is 0.388 e. The maximum atomic E-state index is 10.2. The van der Waals surface area contributed by atoms with Crippen molar-refractivity contribution >= 4 is 0 Å². The molecule has 92 valence electrons. The highest BCUT2D eigenvalue weighted by atomic mass is 16.3. The molecule has 2 aromatic carbocycles. The topological polar surface area (TPSA) is 20.2 Å². The summed E-state index contributed by atoms with van der Waals surface area (Å²) in [5, 5.41) is 10.2. The van der Waals surface area contributed by atoms with Gasteiger partial charge in [-0.05, 0) is 41.9 Å². The third-order valence-electron chi connectivity index (χ3n) is 3.85. The summed E-state index contributed by atoms with van der Waals surface area (Å²) in [6.45, 7) is 0. The molecule has 1 nitrogen and oxygen atoms in total. The van der Waals surface area contributed by atoms with Gasteiger partial charge in [0.05, 0.1) is 6.10 Å². The smallest absolute Gasteiger partial charge is 0.0795 e. The third-order valence-corrected chi connectivity index (χ3v) is 3.85. The second kappa shape index (κ2) is 4.95. The molecule has 1 heteroatoms. The van der Waals surface area contributed by atoms with Gasteiger partial charge in [-0.2, -0.15) is 0 Å². The van der Waals surface area contributed by atoms with Crippen LogP contribution in [0.25, 0.3) is 0 Å². The first-order valence-electron chi connectivity index (χ1n) is 6.63. The predicted molar refractivity (Wildman–Crippen MR) is 73.4 cm³/mol. The molecule has 1 aliphatic rings. The van der Waals surface area contributed by atoms with E-state index < -0.39 is 0 Å². The summed E-state index contributed by atoms with van der Waals surface area (Å²) in [7, 11) is 0. The summed E-state index contributed by atoms with van der Waals surface area (Å²) in [4.78, 5) is 0. The first kappa shape index (κ1) is 11.5. The van der Waals surface area contributed by atoms with E-state index in [-0.39, 0.29) is 6.10 Å². The van der Waals surface area contributed by atoms with Gasteiger partial charge in [0.1, 0.15) is 0 Å². The van der Waals surface area contributed by atoms with Crippen LogP contribution in [0.15, 0.2) is 54.6 Å². The van der Waals surface area contributed by atoms with Gasteiger partial charge in [-0.25, -0.2) is 0 Å². The van der Waals surface area contributed by atoms with Crippen molar-refractivity contribution in [1.29, 1.82) is 0 Å². The Morgan fingerprint density at radius 2 is 1.67 bits per heavy atom. The Bertz CT molecular complexity index is 518. The van der Waals surface area contributed by atoms with Crippen molar-refractivity contribution < 1.29 is 5.11 Å². The average molecular weight is 238 g/mol. The van der Waals surface area contributed by atoms with E-state index in [2.05, 4.69) is 48.5 Å². The predicted octanol–water partition coefficient (Wildman–Crippen LogP) is 3.53. The highest BCUT2D eigenvalue weighted by Crippen LogP contribution is 2.34. The Hall–Kier alpha value is -1.60. The molecule has 2 aromatic rings. The first-order chi connectivity index (χ1) is 8.83. The van der Waals surface area contributed by atoms with E-state index in [0.717, 1.165) is 24.8 Å². The Labute approximate surface area is 108 Å². The normalized spacial score (nSPS) is 22.5. The number of aliphatic hydroxyl groups excluding tert-OH is 1. The molecule has 3 rings (SSSR count). The standard InChI is InChI=1S/C17H18O/c18-17-12-14(10-13-6-2-1-3-7-13)11-15-8-4-5-9-16(15)17/h1-9,14,17-18H,10-12H2. The molecule has 0 bridgehead atoms. The van der Waals surface area contributed by atoms with Gasteiger partial charge < -0.3 is 5.11 Å². The van der Waals surface area contributed by atoms with E-state index >= 15 is 0 Å². The monoisotopic (exact) mass is 238 g/mol.